The van der Waals surface area contributed by atoms with Gasteiger partial charge < -0.3 is 10.2 Å². The first-order valence-electron chi connectivity index (χ1n) is 8.68. The van der Waals surface area contributed by atoms with Gasteiger partial charge in [-0.2, -0.15) is 0 Å². The monoisotopic (exact) mass is 539 g/mol. The third-order valence-corrected chi connectivity index (χ3v) is 7.38. The van der Waals surface area contributed by atoms with E-state index in [1.807, 2.05) is 0 Å². The number of aromatic hydroxyl groups is 1. The molecule has 0 saturated carbocycles. The second-order valence-electron chi connectivity index (χ2n) is 6.62. The van der Waals surface area contributed by atoms with Gasteiger partial charge in [0.05, 0.1) is 21.8 Å². The van der Waals surface area contributed by atoms with Crippen LogP contribution in [0.5, 0.6) is 5.75 Å². The third-order valence-electron chi connectivity index (χ3n) is 4.66. The lowest BCUT2D eigenvalue weighted by Gasteiger charge is -2.14. The average molecular weight is 541 g/mol. The van der Waals surface area contributed by atoms with Crippen molar-refractivity contribution in [3.05, 3.63) is 80.7 Å². The number of rotatable bonds is 4. The Morgan fingerprint density at radius 1 is 0.968 bits per heavy atom. The summed E-state index contributed by atoms with van der Waals surface area (Å²) in [5.41, 5.74) is 1.12. The van der Waals surface area contributed by atoms with E-state index in [0.29, 0.717) is 26.0 Å². The lowest BCUT2D eigenvalue weighted by atomic mass is 10.1. The van der Waals surface area contributed by atoms with Crippen molar-refractivity contribution in [1.29, 1.82) is 0 Å². The van der Waals surface area contributed by atoms with Crippen molar-refractivity contribution in [1.82, 2.24) is 3.97 Å². The summed E-state index contributed by atoms with van der Waals surface area (Å²) in [7, 11) is -4.32. The summed E-state index contributed by atoms with van der Waals surface area (Å²) in [5.74, 6) is -1.67. The Hall–Kier alpha value is -2.52. The lowest BCUT2D eigenvalue weighted by molar-refractivity contribution is 0.0697. The fraction of sp³-hybridized carbons (Fsp3) is 0. The standard InChI is InChI=1S/C21H12BrCl2NO5S/c22-14-9-16(24)20(26)19(10-14)31(29,30)25-17-6-5-15(23)7-13(17)8-18(25)11-1-3-12(4-2-11)21(27)28/h1-10,26H,(H,27,28). The first-order valence-corrected chi connectivity index (χ1v) is 11.7. The first kappa shape index (κ1) is 21.7. The molecule has 4 aromatic rings. The summed E-state index contributed by atoms with van der Waals surface area (Å²) in [6.07, 6.45) is 0. The number of aromatic nitrogens is 1. The molecule has 0 amide bonds. The Balaban J connectivity index is 2.05. The van der Waals surface area contributed by atoms with E-state index in [2.05, 4.69) is 15.9 Å². The highest BCUT2D eigenvalue weighted by Gasteiger charge is 2.28. The summed E-state index contributed by atoms with van der Waals surface area (Å²) in [5, 5.41) is 20.4. The molecule has 10 heteroatoms. The molecule has 0 aliphatic carbocycles. The summed E-state index contributed by atoms with van der Waals surface area (Å²) in [4.78, 5) is 10.8. The van der Waals surface area contributed by atoms with Crippen LogP contribution < -0.4 is 0 Å². The van der Waals surface area contributed by atoms with Gasteiger partial charge in [0, 0.05) is 14.9 Å². The normalized spacial score (nSPS) is 11.7. The fourth-order valence-electron chi connectivity index (χ4n) is 3.24. The van der Waals surface area contributed by atoms with Crippen LogP contribution in [0, 0.1) is 0 Å². The Kier molecular flexibility index (Phi) is 5.51. The maximum absolute atomic E-state index is 13.7. The number of halogens is 3. The lowest BCUT2D eigenvalue weighted by Crippen LogP contribution is -2.14. The summed E-state index contributed by atoms with van der Waals surface area (Å²) in [6, 6.07) is 14.8. The van der Waals surface area contributed by atoms with E-state index >= 15 is 0 Å². The van der Waals surface area contributed by atoms with E-state index in [0.717, 1.165) is 3.97 Å². The Morgan fingerprint density at radius 2 is 1.65 bits per heavy atom. The van der Waals surface area contributed by atoms with Crippen LogP contribution in [0.3, 0.4) is 0 Å². The molecule has 0 unspecified atom stereocenters. The molecule has 0 bridgehead atoms. The van der Waals surface area contributed by atoms with Crippen molar-refractivity contribution in [2.75, 3.05) is 0 Å². The van der Waals surface area contributed by atoms with Gasteiger partial charge in [0.2, 0.25) is 0 Å². The quantitative estimate of drug-likeness (QED) is 0.330. The van der Waals surface area contributed by atoms with Crippen LogP contribution >= 0.6 is 39.1 Å². The minimum Gasteiger partial charge on any atom is -0.505 e. The van der Waals surface area contributed by atoms with Gasteiger partial charge in [-0.1, -0.05) is 51.3 Å². The SMILES string of the molecule is O=C(O)c1ccc(-c2cc3cc(Cl)ccc3n2S(=O)(=O)c2cc(Br)cc(Cl)c2O)cc1. The van der Waals surface area contributed by atoms with Gasteiger partial charge in [0.1, 0.15) is 4.90 Å². The number of phenolic OH excluding ortho intramolecular Hbond substituents is 1. The molecular weight excluding hydrogens is 529 g/mol. The smallest absolute Gasteiger partial charge is 0.335 e. The number of hydrogen-bond donors (Lipinski definition) is 2. The number of hydrogen-bond acceptors (Lipinski definition) is 4. The molecular formula is C21H12BrCl2NO5S. The number of carbonyl (C=O) groups is 1. The van der Waals surface area contributed by atoms with E-state index < -0.39 is 21.7 Å². The van der Waals surface area contributed by atoms with E-state index in [9.17, 15) is 18.3 Å². The number of benzene rings is 3. The van der Waals surface area contributed by atoms with Gasteiger partial charge in [0.15, 0.2) is 5.75 Å². The van der Waals surface area contributed by atoms with Gasteiger partial charge in [-0.25, -0.2) is 17.2 Å². The predicted octanol–water partition coefficient (Wildman–Crippen LogP) is 6.02. The summed E-state index contributed by atoms with van der Waals surface area (Å²) < 4.78 is 28.8. The topological polar surface area (TPSA) is 96.6 Å². The Morgan fingerprint density at radius 3 is 2.29 bits per heavy atom. The van der Waals surface area contributed by atoms with Crippen molar-refractivity contribution in [3.63, 3.8) is 0 Å². The highest BCUT2D eigenvalue weighted by molar-refractivity contribution is 9.10. The number of carboxylic acids is 1. The summed E-state index contributed by atoms with van der Waals surface area (Å²) in [6.45, 7) is 0. The number of nitrogens with zero attached hydrogens (tertiary/aromatic N) is 1. The molecule has 0 atom stereocenters. The van der Waals surface area contributed by atoms with Crippen LogP contribution in [-0.2, 0) is 10.0 Å². The molecule has 6 nitrogen and oxygen atoms in total. The molecule has 4 rings (SSSR count). The highest BCUT2D eigenvalue weighted by Crippen LogP contribution is 2.39. The molecule has 0 aliphatic rings. The number of fused-ring (bicyclic) bond motifs is 1. The van der Waals surface area contributed by atoms with Gasteiger partial charge in [-0.3, -0.25) is 0 Å². The van der Waals surface area contributed by atoms with Gasteiger partial charge in [0.25, 0.3) is 10.0 Å². The van der Waals surface area contributed by atoms with Gasteiger partial charge >= 0.3 is 5.97 Å². The van der Waals surface area contributed by atoms with Crippen LogP contribution in [0.4, 0.5) is 0 Å². The molecule has 3 aromatic carbocycles. The second kappa shape index (κ2) is 7.87. The Labute approximate surface area is 195 Å². The van der Waals surface area contributed by atoms with Crippen molar-refractivity contribution < 1.29 is 23.4 Å². The Bertz CT molecular complexity index is 1460. The zero-order chi connectivity index (χ0) is 22.5. The van der Waals surface area contributed by atoms with Crippen molar-refractivity contribution >= 4 is 66.0 Å². The van der Waals surface area contributed by atoms with Crippen molar-refractivity contribution in [2.24, 2.45) is 0 Å². The number of phenols is 1. The third kappa shape index (κ3) is 3.80. The van der Waals surface area contributed by atoms with E-state index in [4.69, 9.17) is 28.3 Å². The van der Waals surface area contributed by atoms with Crippen LogP contribution in [-0.4, -0.2) is 28.6 Å². The first-order chi connectivity index (χ1) is 14.6. The zero-order valence-electron chi connectivity index (χ0n) is 15.4. The fourth-order valence-corrected chi connectivity index (χ4v) is 6.11. The molecule has 1 heterocycles. The molecule has 158 valence electrons. The van der Waals surface area contributed by atoms with Crippen molar-refractivity contribution in [2.45, 2.75) is 4.90 Å². The largest absolute Gasteiger partial charge is 0.505 e. The highest BCUT2D eigenvalue weighted by atomic mass is 79.9. The van der Waals surface area contributed by atoms with Crippen molar-refractivity contribution in [3.8, 4) is 17.0 Å². The number of carboxylic acid groups (broad SMARTS) is 1. The maximum Gasteiger partial charge on any atom is 0.335 e. The maximum atomic E-state index is 13.7. The van der Waals surface area contributed by atoms with E-state index in [-0.39, 0.29) is 21.2 Å². The average Bonchev–Trinajstić information content (AvgIpc) is 3.10. The minimum atomic E-state index is -4.32. The molecule has 2 N–H and O–H groups in total. The molecule has 1 aromatic heterocycles. The van der Waals surface area contributed by atoms with Crippen LogP contribution in [0.15, 0.2) is 70.0 Å². The minimum absolute atomic E-state index is 0.0636. The zero-order valence-corrected chi connectivity index (χ0v) is 19.3. The molecule has 0 radical (unpaired) electrons. The van der Waals surface area contributed by atoms with Crippen LogP contribution in [0.1, 0.15) is 10.4 Å². The number of aromatic carboxylic acids is 1. The van der Waals surface area contributed by atoms with E-state index in [1.54, 1.807) is 24.3 Å². The van der Waals surface area contributed by atoms with Crippen LogP contribution in [0.2, 0.25) is 10.0 Å². The molecule has 0 spiro atoms. The predicted molar refractivity (Wildman–Crippen MR) is 123 cm³/mol. The van der Waals surface area contributed by atoms with Gasteiger partial charge in [-0.15, -0.1) is 0 Å². The second-order valence-corrected chi connectivity index (χ2v) is 10.1. The molecule has 31 heavy (non-hydrogen) atoms. The molecule has 0 fully saturated rings. The van der Waals surface area contributed by atoms with Crippen LogP contribution in [0.25, 0.3) is 22.2 Å². The molecule has 0 aliphatic heterocycles. The van der Waals surface area contributed by atoms with Gasteiger partial charge in [-0.05, 0) is 54.1 Å². The summed E-state index contributed by atoms with van der Waals surface area (Å²) >= 11 is 15.3. The molecule has 0 saturated heterocycles. The van der Waals surface area contributed by atoms with E-state index in [1.165, 1.54) is 36.4 Å².